The highest BCUT2D eigenvalue weighted by atomic mass is 16.2. The normalized spacial score (nSPS) is 14.6. The highest BCUT2D eigenvalue weighted by Crippen LogP contribution is 2.22. The minimum Gasteiger partial charge on any atom is -0.372 e. The molecule has 2 amide bonds. The van der Waals surface area contributed by atoms with Crippen molar-refractivity contribution in [2.75, 3.05) is 29.9 Å². The average molecular weight is 331 g/mol. The summed E-state index contributed by atoms with van der Waals surface area (Å²) in [5.41, 5.74) is 1.73. The monoisotopic (exact) mass is 331 g/mol. The van der Waals surface area contributed by atoms with Crippen LogP contribution in [0.15, 0.2) is 24.3 Å². The molecule has 24 heavy (non-hydrogen) atoms. The first-order valence-electron chi connectivity index (χ1n) is 8.70. The maximum Gasteiger partial charge on any atom is 0.226 e. The Balaban J connectivity index is 1.86. The van der Waals surface area contributed by atoms with Gasteiger partial charge < -0.3 is 15.1 Å². The Morgan fingerprint density at radius 1 is 1.12 bits per heavy atom. The van der Waals surface area contributed by atoms with Gasteiger partial charge in [-0.3, -0.25) is 9.59 Å². The highest BCUT2D eigenvalue weighted by molar-refractivity contribution is 5.91. The van der Waals surface area contributed by atoms with Crippen LogP contribution in [0.3, 0.4) is 0 Å². The Kier molecular flexibility index (Phi) is 5.86. The Morgan fingerprint density at radius 3 is 2.21 bits per heavy atom. The van der Waals surface area contributed by atoms with Crippen LogP contribution in [0.1, 0.15) is 47.0 Å². The first-order chi connectivity index (χ1) is 11.3. The quantitative estimate of drug-likeness (QED) is 0.901. The SMILES string of the molecule is CC(=O)N(CCC(=O)Nc1ccc(N2CCCC2)cc1)C(C)(C)C. The summed E-state index contributed by atoms with van der Waals surface area (Å²) in [7, 11) is 0. The molecule has 1 aromatic carbocycles. The lowest BCUT2D eigenvalue weighted by atomic mass is 10.1. The molecule has 1 fully saturated rings. The van der Waals surface area contributed by atoms with Gasteiger partial charge in [0.2, 0.25) is 11.8 Å². The van der Waals surface area contributed by atoms with Gasteiger partial charge in [0.1, 0.15) is 0 Å². The lowest BCUT2D eigenvalue weighted by molar-refractivity contribution is -0.134. The smallest absolute Gasteiger partial charge is 0.226 e. The fourth-order valence-electron chi connectivity index (χ4n) is 3.13. The van der Waals surface area contributed by atoms with E-state index in [9.17, 15) is 9.59 Å². The van der Waals surface area contributed by atoms with E-state index in [1.165, 1.54) is 18.5 Å². The van der Waals surface area contributed by atoms with Gasteiger partial charge in [0.05, 0.1) is 0 Å². The Labute approximate surface area is 145 Å². The zero-order valence-electron chi connectivity index (χ0n) is 15.3. The van der Waals surface area contributed by atoms with Crippen molar-refractivity contribution < 1.29 is 9.59 Å². The Hall–Kier alpha value is -2.04. The summed E-state index contributed by atoms with van der Waals surface area (Å²) in [5, 5.41) is 2.91. The molecule has 1 saturated heterocycles. The van der Waals surface area contributed by atoms with Gasteiger partial charge in [0.25, 0.3) is 0 Å². The van der Waals surface area contributed by atoms with E-state index in [2.05, 4.69) is 22.3 Å². The third kappa shape index (κ3) is 4.98. The molecule has 1 aliphatic rings. The van der Waals surface area contributed by atoms with Gasteiger partial charge in [-0.05, 0) is 57.9 Å². The predicted molar refractivity (Wildman–Crippen MR) is 98.3 cm³/mol. The minimum absolute atomic E-state index is 0.00901. The van der Waals surface area contributed by atoms with Crippen molar-refractivity contribution in [3.8, 4) is 0 Å². The fraction of sp³-hybridized carbons (Fsp3) is 0.579. The van der Waals surface area contributed by atoms with Crippen LogP contribution in [0.25, 0.3) is 0 Å². The minimum atomic E-state index is -0.274. The van der Waals surface area contributed by atoms with Crippen molar-refractivity contribution in [2.24, 2.45) is 0 Å². The van der Waals surface area contributed by atoms with E-state index in [0.717, 1.165) is 18.8 Å². The molecule has 1 N–H and O–H groups in total. The molecule has 0 saturated carbocycles. The summed E-state index contributed by atoms with van der Waals surface area (Å²) in [4.78, 5) is 27.9. The van der Waals surface area contributed by atoms with Gasteiger partial charge in [-0.1, -0.05) is 0 Å². The highest BCUT2D eigenvalue weighted by Gasteiger charge is 2.24. The molecule has 5 nitrogen and oxygen atoms in total. The van der Waals surface area contributed by atoms with E-state index in [1.807, 2.05) is 32.9 Å². The summed E-state index contributed by atoms with van der Waals surface area (Å²) >= 11 is 0. The number of benzene rings is 1. The maximum absolute atomic E-state index is 12.1. The molecule has 1 heterocycles. The lowest BCUT2D eigenvalue weighted by Gasteiger charge is -2.34. The second kappa shape index (κ2) is 7.69. The van der Waals surface area contributed by atoms with Crippen molar-refractivity contribution >= 4 is 23.2 Å². The van der Waals surface area contributed by atoms with Crippen LogP contribution in [0.4, 0.5) is 11.4 Å². The molecular formula is C19H29N3O2. The average Bonchev–Trinajstić information content (AvgIpc) is 3.00. The zero-order valence-corrected chi connectivity index (χ0v) is 15.3. The Morgan fingerprint density at radius 2 is 1.71 bits per heavy atom. The van der Waals surface area contributed by atoms with Gasteiger partial charge in [0, 0.05) is 49.9 Å². The van der Waals surface area contributed by atoms with Crippen LogP contribution < -0.4 is 10.2 Å². The summed E-state index contributed by atoms with van der Waals surface area (Å²) in [6, 6.07) is 7.99. The van der Waals surface area contributed by atoms with Crippen LogP contribution in [0.5, 0.6) is 0 Å². The third-order valence-electron chi connectivity index (χ3n) is 4.37. The summed E-state index contributed by atoms with van der Waals surface area (Å²) < 4.78 is 0. The third-order valence-corrected chi connectivity index (χ3v) is 4.37. The van der Waals surface area contributed by atoms with Gasteiger partial charge in [-0.15, -0.1) is 0 Å². The first-order valence-corrected chi connectivity index (χ1v) is 8.70. The topological polar surface area (TPSA) is 52.7 Å². The number of carbonyl (C=O) groups excluding carboxylic acids is 2. The second-order valence-electron chi connectivity index (χ2n) is 7.38. The van der Waals surface area contributed by atoms with Crippen molar-refractivity contribution in [3.63, 3.8) is 0 Å². The van der Waals surface area contributed by atoms with Crippen molar-refractivity contribution in [2.45, 2.75) is 52.5 Å². The largest absolute Gasteiger partial charge is 0.372 e. The molecule has 132 valence electrons. The molecular weight excluding hydrogens is 302 g/mol. The van der Waals surface area contributed by atoms with Crippen molar-refractivity contribution in [1.82, 2.24) is 4.90 Å². The number of amides is 2. The summed E-state index contributed by atoms with van der Waals surface area (Å²) in [6.45, 7) is 10.1. The molecule has 1 aliphatic heterocycles. The summed E-state index contributed by atoms with van der Waals surface area (Å²) in [6.07, 6.45) is 2.79. The molecule has 0 aromatic heterocycles. The number of anilines is 2. The van der Waals surface area contributed by atoms with Gasteiger partial charge in [0.15, 0.2) is 0 Å². The molecule has 2 rings (SSSR count). The number of nitrogens with zero attached hydrogens (tertiary/aromatic N) is 2. The first kappa shape index (κ1) is 18.3. The number of rotatable bonds is 5. The number of hydrogen-bond donors (Lipinski definition) is 1. The molecule has 0 aliphatic carbocycles. The van der Waals surface area contributed by atoms with Gasteiger partial charge >= 0.3 is 0 Å². The van der Waals surface area contributed by atoms with E-state index in [0.29, 0.717) is 13.0 Å². The standard InChI is InChI=1S/C19H29N3O2/c1-15(23)22(19(2,3)4)14-11-18(24)20-16-7-9-17(10-8-16)21-12-5-6-13-21/h7-10H,5-6,11-14H2,1-4H3,(H,20,24). The van der Waals surface area contributed by atoms with Crippen LogP contribution in [-0.4, -0.2) is 41.9 Å². The van der Waals surface area contributed by atoms with Crippen LogP contribution in [0.2, 0.25) is 0 Å². The van der Waals surface area contributed by atoms with Crippen LogP contribution >= 0.6 is 0 Å². The zero-order chi connectivity index (χ0) is 17.7. The molecule has 0 bridgehead atoms. The van der Waals surface area contributed by atoms with E-state index < -0.39 is 0 Å². The molecule has 5 heteroatoms. The van der Waals surface area contributed by atoms with Crippen molar-refractivity contribution in [3.05, 3.63) is 24.3 Å². The molecule has 0 spiro atoms. The van der Waals surface area contributed by atoms with Gasteiger partial charge in [-0.25, -0.2) is 0 Å². The number of nitrogens with one attached hydrogen (secondary N) is 1. The van der Waals surface area contributed by atoms with Crippen LogP contribution in [-0.2, 0) is 9.59 Å². The number of carbonyl (C=O) groups is 2. The van der Waals surface area contributed by atoms with E-state index in [-0.39, 0.29) is 17.4 Å². The maximum atomic E-state index is 12.1. The van der Waals surface area contributed by atoms with Crippen LogP contribution in [0, 0.1) is 0 Å². The second-order valence-corrected chi connectivity index (χ2v) is 7.38. The lowest BCUT2D eigenvalue weighted by Crippen LogP contribution is -2.45. The summed E-state index contributed by atoms with van der Waals surface area (Å²) in [5.74, 6) is -0.0790. The van der Waals surface area contributed by atoms with E-state index in [1.54, 1.807) is 11.8 Å². The number of hydrogen-bond acceptors (Lipinski definition) is 3. The molecule has 0 unspecified atom stereocenters. The Bertz CT molecular complexity index is 569. The molecule has 0 radical (unpaired) electrons. The molecule has 1 aromatic rings. The fourth-order valence-corrected chi connectivity index (χ4v) is 3.13. The van der Waals surface area contributed by atoms with Gasteiger partial charge in [-0.2, -0.15) is 0 Å². The molecule has 0 atom stereocenters. The van der Waals surface area contributed by atoms with E-state index in [4.69, 9.17) is 0 Å². The van der Waals surface area contributed by atoms with E-state index >= 15 is 0 Å². The predicted octanol–water partition coefficient (Wildman–Crippen LogP) is 3.26. The van der Waals surface area contributed by atoms with Crippen molar-refractivity contribution in [1.29, 1.82) is 0 Å².